The Hall–Kier alpha value is -2.43. The molecule has 0 saturated heterocycles. The summed E-state index contributed by atoms with van der Waals surface area (Å²) < 4.78 is 19.2. The number of anilines is 1. The second-order valence-electron chi connectivity index (χ2n) is 5.55. The molecule has 114 valence electrons. The first kappa shape index (κ1) is 14.5. The Morgan fingerprint density at radius 2 is 2.00 bits per heavy atom. The third kappa shape index (κ3) is 2.43. The second-order valence-corrected chi connectivity index (χ2v) is 5.55. The molecule has 22 heavy (non-hydrogen) atoms. The largest absolute Gasteiger partial charge is 0.378 e. The first-order valence-electron chi connectivity index (χ1n) is 7.22. The zero-order chi connectivity index (χ0) is 15.9. The predicted molar refractivity (Wildman–Crippen MR) is 84.5 cm³/mol. The molecule has 2 aromatic heterocycles. The maximum Gasteiger partial charge on any atom is 0.149 e. The molecule has 0 bridgehead atoms. The standard InChI is InChI=1S/C17H18FN3O/c1-9-8-15(13-6-5-7-14(18)17(13)19-9)20-10(2)16-11(3)21-22-12(16)4/h5-8,10H,1-4H3,(H,19,20). The molecule has 0 spiro atoms. The minimum atomic E-state index is -0.311. The first-order chi connectivity index (χ1) is 10.5. The second kappa shape index (κ2) is 5.40. The lowest BCUT2D eigenvalue weighted by atomic mass is 10.1. The highest BCUT2D eigenvalue weighted by Crippen LogP contribution is 2.30. The zero-order valence-corrected chi connectivity index (χ0v) is 13.1. The van der Waals surface area contributed by atoms with Gasteiger partial charge in [0, 0.05) is 22.3 Å². The van der Waals surface area contributed by atoms with Crippen LogP contribution in [0, 0.1) is 26.6 Å². The van der Waals surface area contributed by atoms with E-state index >= 15 is 0 Å². The molecule has 2 heterocycles. The number of aromatic nitrogens is 2. The van der Waals surface area contributed by atoms with E-state index in [4.69, 9.17) is 4.52 Å². The summed E-state index contributed by atoms with van der Waals surface area (Å²) in [6.45, 7) is 7.70. The molecule has 0 saturated carbocycles. The quantitative estimate of drug-likeness (QED) is 0.775. The van der Waals surface area contributed by atoms with E-state index in [-0.39, 0.29) is 11.9 Å². The summed E-state index contributed by atoms with van der Waals surface area (Å²) in [5.74, 6) is 0.480. The highest BCUT2D eigenvalue weighted by molar-refractivity contribution is 5.92. The van der Waals surface area contributed by atoms with Gasteiger partial charge in [-0.25, -0.2) is 9.37 Å². The van der Waals surface area contributed by atoms with E-state index in [0.29, 0.717) is 5.52 Å². The van der Waals surface area contributed by atoms with Crippen LogP contribution in [0.15, 0.2) is 28.8 Å². The Bertz CT molecular complexity index is 822. The summed E-state index contributed by atoms with van der Waals surface area (Å²) in [6.07, 6.45) is 0. The predicted octanol–water partition coefficient (Wildman–Crippen LogP) is 4.46. The Morgan fingerprint density at radius 1 is 1.23 bits per heavy atom. The molecule has 0 aliphatic carbocycles. The van der Waals surface area contributed by atoms with E-state index in [1.165, 1.54) is 6.07 Å². The van der Waals surface area contributed by atoms with Crippen molar-refractivity contribution in [2.75, 3.05) is 5.32 Å². The number of nitrogens with zero attached hydrogens (tertiary/aromatic N) is 2. The average molecular weight is 299 g/mol. The van der Waals surface area contributed by atoms with Gasteiger partial charge in [0.2, 0.25) is 0 Å². The van der Waals surface area contributed by atoms with Gasteiger partial charge in [0.1, 0.15) is 17.1 Å². The van der Waals surface area contributed by atoms with Gasteiger partial charge in [-0.2, -0.15) is 0 Å². The molecular formula is C17H18FN3O. The fourth-order valence-corrected chi connectivity index (χ4v) is 2.87. The number of aryl methyl sites for hydroxylation is 3. The lowest BCUT2D eigenvalue weighted by molar-refractivity contribution is 0.392. The highest BCUT2D eigenvalue weighted by Gasteiger charge is 2.17. The molecule has 1 aromatic carbocycles. The minimum absolute atomic E-state index is 0.000447. The van der Waals surface area contributed by atoms with Crippen molar-refractivity contribution in [3.63, 3.8) is 0 Å². The van der Waals surface area contributed by atoms with E-state index < -0.39 is 0 Å². The normalized spacial score (nSPS) is 12.6. The number of benzene rings is 1. The van der Waals surface area contributed by atoms with Crippen LogP contribution < -0.4 is 5.32 Å². The van der Waals surface area contributed by atoms with Gasteiger partial charge in [-0.1, -0.05) is 17.3 Å². The molecule has 0 aliphatic heterocycles. The Balaban J connectivity index is 2.06. The van der Waals surface area contributed by atoms with Crippen LogP contribution in [0.5, 0.6) is 0 Å². The average Bonchev–Trinajstić information content (AvgIpc) is 2.79. The van der Waals surface area contributed by atoms with Crippen molar-refractivity contribution >= 4 is 16.6 Å². The summed E-state index contributed by atoms with van der Waals surface area (Å²) in [5, 5.41) is 8.18. The maximum atomic E-state index is 14.0. The topological polar surface area (TPSA) is 51.0 Å². The van der Waals surface area contributed by atoms with E-state index in [9.17, 15) is 4.39 Å². The number of nitrogens with one attached hydrogen (secondary N) is 1. The lowest BCUT2D eigenvalue weighted by Crippen LogP contribution is -2.09. The fraction of sp³-hybridized carbons (Fsp3) is 0.294. The van der Waals surface area contributed by atoms with Crippen molar-refractivity contribution in [1.29, 1.82) is 0 Å². The molecule has 4 nitrogen and oxygen atoms in total. The number of fused-ring (bicyclic) bond motifs is 1. The lowest BCUT2D eigenvalue weighted by Gasteiger charge is -2.17. The van der Waals surface area contributed by atoms with Crippen LogP contribution >= 0.6 is 0 Å². The van der Waals surface area contributed by atoms with E-state index in [1.807, 2.05) is 39.8 Å². The van der Waals surface area contributed by atoms with E-state index in [2.05, 4.69) is 15.5 Å². The molecule has 0 amide bonds. The zero-order valence-electron chi connectivity index (χ0n) is 13.1. The van der Waals surface area contributed by atoms with E-state index in [0.717, 1.165) is 33.8 Å². The van der Waals surface area contributed by atoms with E-state index in [1.54, 1.807) is 6.07 Å². The molecular weight excluding hydrogens is 281 g/mol. The van der Waals surface area contributed by atoms with Gasteiger partial charge in [0.25, 0.3) is 0 Å². The first-order valence-corrected chi connectivity index (χ1v) is 7.22. The number of rotatable bonds is 3. The number of pyridine rings is 1. The summed E-state index contributed by atoms with van der Waals surface area (Å²) in [7, 11) is 0. The van der Waals surface area contributed by atoms with Gasteiger partial charge in [-0.15, -0.1) is 0 Å². The number of halogens is 1. The summed E-state index contributed by atoms with van der Waals surface area (Å²) in [4.78, 5) is 4.30. The summed E-state index contributed by atoms with van der Waals surface area (Å²) in [5.41, 5.74) is 3.90. The monoisotopic (exact) mass is 299 g/mol. The van der Waals surface area contributed by atoms with Crippen molar-refractivity contribution < 1.29 is 8.91 Å². The maximum absolute atomic E-state index is 14.0. The van der Waals surface area contributed by atoms with Crippen molar-refractivity contribution in [3.8, 4) is 0 Å². The molecule has 5 heteroatoms. The SMILES string of the molecule is Cc1cc(NC(C)c2c(C)noc2C)c2cccc(F)c2n1. The van der Waals surface area contributed by atoms with Gasteiger partial charge >= 0.3 is 0 Å². The van der Waals surface area contributed by atoms with Gasteiger partial charge in [0.15, 0.2) is 0 Å². The molecule has 1 atom stereocenters. The summed E-state index contributed by atoms with van der Waals surface area (Å²) >= 11 is 0. The van der Waals surface area contributed by atoms with Crippen LogP contribution in [-0.4, -0.2) is 10.1 Å². The number of para-hydroxylation sites is 1. The molecule has 1 N–H and O–H groups in total. The van der Waals surface area contributed by atoms with Crippen LogP contribution in [0.3, 0.4) is 0 Å². The third-order valence-corrected chi connectivity index (χ3v) is 3.81. The third-order valence-electron chi connectivity index (χ3n) is 3.81. The highest BCUT2D eigenvalue weighted by atomic mass is 19.1. The molecule has 0 fully saturated rings. The van der Waals surface area contributed by atoms with Gasteiger partial charge in [-0.3, -0.25) is 0 Å². The minimum Gasteiger partial charge on any atom is -0.378 e. The Morgan fingerprint density at radius 3 is 2.68 bits per heavy atom. The van der Waals surface area contributed by atoms with Crippen LogP contribution in [-0.2, 0) is 0 Å². The van der Waals surface area contributed by atoms with Crippen molar-refractivity contribution in [3.05, 3.63) is 52.8 Å². The van der Waals surface area contributed by atoms with Gasteiger partial charge in [-0.05, 0) is 39.8 Å². The van der Waals surface area contributed by atoms with Crippen molar-refractivity contribution in [2.45, 2.75) is 33.7 Å². The molecule has 0 radical (unpaired) electrons. The van der Waals surface area contributed by atoms with Gasteiger partial charge in [0.05, 0.1) is 11.7 Å². The molecule has 3 rings (SSSR count). The fourth-order valence-electron chi connectivity index (χ4n) is 2.87. The Labute approximate surface area is 128 Å². The van der Waals surface area contributed by atoms with Crippen LogP contribution in [0.1, 0.15) is 35.7 Å². The van der Waals surface area contributed by atoms with Crippen molar-refractivity contribution in [1.82, 2.24) is 10.1 Å². The molecule has 0 aliphatic rings. The van der Waals surface area contributed by atoms with Crippen LogP contribution in [0.4, 0.5) is 10.1 Å². The summed E-state index contributed by atoms with van der Waals surface area (Å²) in [6, 6.07) is 6.92. The van der Waals surface area contributed by atoms with Gasteiger partial charge < -0.3 is 9.84 Å². The molecule has 1 unspecified atom stereocenters. The molecule has 3 aromatic rings. The van der Waals surface area contributed by atoms with Crippen LogP contribution in [0.25, 0.3) is 10.9 Å². The number of hydrogen-bond donors (Lipinski definition) is 1. The number of hydrogen-bond acceptors (Lipinski definition) is 4. The van der Waals surface area contributed by atoms with Crippen LogP contribution in [0.2, 0.25) is 0 Å². The smallest absolute Gasteiger partial charge is 0.149 e. The van der Waals surface area contributed by atoms with Crippen molar-refractivity contribution in [2.24, 2.45) is 0 Å². The Kier molecular flexibility index (Phi) is 3.56.